The molecule has 0 radical (unpaired) electrons. The topological polar surface area (TPSA) is 17.1 Å². The lowest BCUT2D eigenvalue weighted by atomic mass is 10.3. The number of hydrogen-bond donors (Lipinski definition) is 0. The highest BCUT2D eigenvalue weighted by molar-refractivity contribution is 14.1. The van der Waals surface area contributed by atoms with Gasteiger partial charge in [0.1, 0.15) is 0 Å². The van der Waals surface area contributed by atoms with E-state index in [-0.39, 0.29) is 0 Å². The molecule has 1 nitrogen and oxygen atoms in total. The van der Waals surface area contributed by atoms with Crippen molar-refractivity contribution in [2.24, 2.45) is 0 Å². The highest BCUT2D eigenvalue weighted by Crippen LogP contribution is 2.30. The van der Waals surface area contributed by atoms with E-state index in [4.69, 9.17) is 0 Å². The molecule has 50 valence electrons. The molecule has 0 amide bonds. The van der Waals surface area contributed by atoms with E-state index in [0.717, 1.165) is 15.8 Å². The van der Waals surface area contributed by atoms with Crippen LogP contribution in [0.2, 0.25) is 0 Å². The summed E-state index contributed by atoms with van der Waals surface area (Å²) in [5.74, 6) is 1.28. The van der Waals surface area contributed by atoms with Gasteiger partial charge in [-0.1, -0.05) is 0 Å². The van der Waals surface area contributed by atoms with Gasteiger partial charge in [0.2, 0.25) is 0 Å². The van der Waals surface area contributed by atoms with E-state index in [0.29, 0.717) is 5.78 Å². The summed E-state index contributed by atoms with van der Waals surface area (Å²) in [7, 11) is 0. The average molecular weight is 254 g/mol. The molecular weight excluding hydrogens is 247 g/mol. The van der Waals surface area contributed by atoms with Crippen LogP contribution < -0.4 is 0 Å². The Bertz CT molecular complexity index is 174. The molecule has 0 atom stereocenters. The van der Waals surface area contributed by atoms with Crippen molar-refractivity contribution in [3.8, 4) is 0 Å². The lowest BCUT2D eigenvalue weighted by molar-refractivity contribution is -0.114. The van der Waals surface area contributed by atoms with E-state index in [1.54, 1.807) is 11.8 Å². The van der Waals surface area contributed by atoms with Crippen molar-refractivity contribution in [2.75, 3.05) is 5.75 Å². The zero-order valence-corrected chi connectivity index (χ0v) is 8.08. The first-order chi connectivity index (χ1) is 4.22. The monoisotopic (exact) mass is 254 g/mol. The average Bonchev–Trinajstić information content (AvgIpc) is 1.83. The number of thioether (sulfide) groups is 1. The normalized spacial score (nSPS) is 20.9. The molecule has 0 aromatic heterocycles. The Labute approximate surface area is 72.4 Å². The van der Waals surface area contributed by atoms with Crippen LogP contribution in [-0.2, 0) is 4.79 Å². The van der Waals surface area contributed by atoms with Gasteiger partial charge in [-0.25, -0.2) is 0 Å². The number of Topliss-reactive ketones (excluding diaryl/α,β-unsaturated/α-hetero) is 1. The molecule has 0 aromatic rings. The van der Waals surface area contributed by atoms with Crippen molar-refractivity contribution in [1.29, 1.82) is 0 Å². The van der Waals surface area contributed by atoms with Crippen LogP contribution in [0.15, 0.2) is 8.48 Å². The minimum absolute atomic E-state index is 0.312. The molecule has 0 bridgehead atoms. The Balaban J connectivity index is 2.84. The van der Waals surface area contributed by atoms with E-state index < -0.39 is 0 Å². The zero-order chi connectivity index (χ0) is 6.85. The number of rotatable bonds is 0. The SMILES string of the molecule is CC1=C(I)C(=O)CCS1. The third kappa shape index (κ3) is 1.70. The van der Waals surface area contributed by atoms with Gasteiger partial charge in [-0.2, -0.15) is 0 Å². The van der Waals surface area contributed by atoms with Crippen LogP contribution in [0, 0.1) is 0 Å². The molecule has 3 heteroatoms. The van der Waals surface area contributed by atoms with Crippen LogP contribution in [0.5, 0.6) is 0 Å². The van der Waals surface area contributed by atoms with Crippen LogP contribution in [0.1, 0.15) is 13.3 Å². The number of carbonyl (C=O) groups is 1. The largest absolute Gasteiger partial charge is 0.294 e. The molecule has 0 aromatic carbocycles. The fourth-order valence-corrected chi connectivity index (χ4v) is 2.24. The van der Waals surface area contributed by atoms with E-state index in [9.17, 15) is 4.79 Å². The molecule has 1 aliphatic rings. The van der Waals surface area contributed by atoms with Gasteiger partial charge in [0.15, 0.2) is 5.78 Å². The number of hydrogen-bond acceptors (Lipinski definition) is 2. The van der Waals surface area contributed by atoms with E-state index in [1.165, 1.54) is 4.91 Å². The minimum Gasteiger partial charge on any atom is -0.294 e. The molecule has 0 saturated carbocycles. The molecule has 0 saturated heterocycles. The van der Waals surface area contributed by atoms with Crippen molar-refractivity contribution < 1.29 is 4.79 Å². The second-order valence-electron chi connectivity index (χ2n) is 1.89. The first kappa shape index (κ1) is 7.60. The summed E-state index contributed by atoms with van der Waals surface area (Å²) in [4.78, 5) is 12.1. The smallest absolute Gasteiger partial charge is 0.170 e. The fourth-order valence-electron chi connectivity index (χ4n) is 0.666. The Morgan fingerprint density at radius 3 is 2.78 bits per heavy atom. The van der Waals surface area contributed by atoms with Gasteiger partial charge in [-0.15, -0.1) is 11.8 Å². The van der Waals surface area contributed by atoms with Crippen LogP contribution in [-0.4, -0.2) is 11.5 Å². The highest BCUT2D eigenvalue weighted by atomic mass is 127. The first-order valence-corrected chi connectivity index (χ1v) is 4.80. The molecule has 9 heavy (non-hydrogen) atoms. The van der Waals surface area contributed by atoms with E-state index in [2.05, 4.69) is 22.6 Å². The Hall–Kier alpha value is 0.490. The van der Waals surface area contributed by atoms with Crippen LogP contribution in [0.3, 0.4) is 0 Å². The highest BCUT2D eigenvalue weighted by Gasteiger charge is 2.14. The number of ketones is 1. The minimum atomic E-state index is 0.312. The van der Waals surface area contributed by atoms with Crippen molar-refractivity contribution in [3.05, 3.63) is 8.48 Å². The van der Waals surface area contributed by atoms with E-state index >= 15 is 0 Å². The Kier molecular flexibility index (Phi) is 2.58. The van der Waals surface area contributed by atoms with Gasteiger partial charge in [0.05, 0.1) is 3.58 Å². The molecular formula is C6H7IOS. The van der Waals surface area contributed by atoms with Gasteiger partial charge < -0.3 is 0 Å². The third-order valence-corrected chi connectivity index (χ3v) is 4.02. The molecule has 0 unspecified atom stereocenters. The van der Waals surface area contributed by atoms with Crippen LogP contribution in [0.4, 0.5) is 0 Å². The van der Waals surface area contributed by atoms with E-state index in [1.807, 2.05) is 6.92 Å². The predicted molar refractivity (Wildman–Crippen MR) is 48.8 cm³/mol. The standard InChI is InChI=1S/C6H7IOS/c1-4-6(7)5(8)2-3-9-4/h2-3H2,1H3. The molecule has 1 aliphatic heterocycles. The zero-order valence-electron chi connectivity index (χ0n) is 5.11. The summed E-state index contributed by atoms with van der Waals surface area (Å²) in [6.45, 7) is 2.00. The lowest BCUT2D eigenvalue weighted by Crippen LogP contribution is -2.05. The maximum absolute atomic E-state index is 10.9. The molecule has 0 spiro atoms. The molecule has 1 heterocycles. The molecule has 0 fully saturated rings. The van der Waals surface area contributed by atoms with Gasteiger partial charge in [-0.05, 0) is 34.4 Å². The Morgan fingerprint density at radius 1 is 1.67 bits per heavy atom. The van der Waals surface area contributed by atoms with Crippen molar-refractivity contribution in [1.82, 2.24) is 0 Å². The molecule has 0 aliphatic carbocycles. The van der Waals surface area contributed by atoms with Gasteiger partial charge in [0, 0.05) is 12.2 Å². The second kappa shape index (κ2) is 3.05. The summed E-state index contributed by atoms with van der Waals surface area (Å²) in [5.41, 5.74) is 0. The number of allylic oxidation sites excluding steroid dienone is 2. The molecule has 0 N–H and O–H groups in total. The van der Waals surface area contributed by atoms with Crippen LogP contribution in [0.25, 0.3) is 0 Å². The summed E-state index contributed by atoms with van der Waals surface area (Å²) < 4.78 is 0.934. The Morgan fingerprint density at radius 2 is 2.33 bits per heavy atom. The quantitative estimate of drug-likeness (QED) is 0.617. The maximum Gasteiger partial charge on any atom is 0.170 e. The van der Waals surface area contributed by atoms with Crippen LogP contribution >= 0.6 is 34.4 Å². The first-order valence-electron chi connectivity index (χ1n) is 2.74. The third-order valence-electron chi connectivity index (χ3n) is 1.20. The number of carbonyl (C=O) groups excluding carboxylic acids is 1. The maximum atomic E-state index is 10.9. The summed E-state index contributed by atoms with van der Waals surface area (Å²) in [5, 5.41) is 0. The van der Waals surface area contributed by atoms with Crippen molar-refractivity contribution >= 4 is 40.1 Å². The van der Waals surface area contributed by atoms with Crippen molar-refractivity contribution in [3.63, 3.8) is 0 Å². The fraction of sp³-hybridized carbons (Fsp3) is 0.500. The van der Waals surface area contributed by atoms with Crippen molar-refractivity contribution in [2.45, 2.75) is 13.3 Å². The second-order valence-corrected chi connectivity index (χ2v) is 4.28. The lowest BCUT2D eigenvalue weighted by Gasteiger charge is -2.09. The van der Waals surface area contributed by atoms with Gasteiger partial charge >= 0.3 is 0 Å². The summed E-state index contributed by atoms with van der Waals surface area (Å²) in [6, 6.07) is 0. The predicted octanol–water partition coefficient (Wildman–Crippen LogP) is 2.36. The summed E-state index contributed by atoms with van der Waals surface area (Å²) in [6.07, 6.45) is 0.722. The van der Waals surface area contributed by atoms with Gasteiger partial charge in [-0.3, -0.25) is 4.79 Å². The molecule has 1 rings (SSSR count). The number of halogens is 1. The van der Waals surface area contributed by atoms with Gasteiger partial charge in [0.25, 0.3) is 0 Å². The summed E-state index contributed by atoms with van der Waals surface area (Å²) >= 11 is 3.90.